The maximum absolute atomic E-state index is 5.49. The molecule has 0 saturated carbocycles. The molecule has 1 aliphatic rings. The van der Waals surface area contributed by atoms with Crippen LogP contribution in [0, 0.1) is 5.92 Å². The molecule has 2 aromatic heterocycles. The Morgan fingerprint density at radius 2 is 2.29 bits per heavy atom. The molecule has 112 valence electrons. The van der Waals surface area contributed by atoms with Crippen molar-refractivity contribution in [1.29, 1.82) is 0 Å². The first-order chi connectivity index (χ1) is 10.2. The van der Waals surface area contributed by atoms with Crippen LogP contribution < -0.4 is 5.32 Å². The molecule has 2 N–H and O–H groups in total. The number of H-pyrrole nitrogens is 1. The Kier molecular flexibility index (Phi) is 4.20. The Morgan fingerprint density at radius 1 is 1.38 bits per heavy atom. The summed E-state index contributed by atoms with van der Waals surface area (Å²) < 4.78 is 5.49. The quantitative estimate of drug-likeness (QED) is 0.887. The van der Waals surface area contributed by atoms with E-state index in [1.807, 2.05) is 6.20 Å². The lowest BCUT2D eigenvalue weighted by atomic mass is 10.1. The van der Waals surface area contributed by atoms with E-state index in [2.05, 4.69) is 46.5 Å². The first-order valence-corrected chi connectivity index (χ1v) is 7.54. The van der Waals surface area contributed by atoms with Crippen LogP contribution in [0.5, 0.6) is 0 Å². The van der Waals surface area contributed by atoms with Crippen LogP contribution in [-0.2, 0) is 30.7 Å². The first kappa shape index (κ1) is 14.1. The van der Waals surface area contributed by atoms with E-state index in [-0.39, 0.29) is 0 Å². The van der Waals surface area contributed by atoms with Crippen LogP contribution in [0.3, 0.4) is 0 Å². The minimum Gasteiger partial charge on any atom is -0.376 e. The molecular formula is C16H22N4O. The molecule has 0 spiro atoms. The summed E-state index contributed by atoms with van der Waals surface area (Å²) in [7, 11) is 0. The Hall–Kier alpha value is -1.88. The molecule has 1 aliphatic heterocycles. The minimum absolute atomic E-state index is 0.636. The number of rotatable bonds is 5. The number of hydrogen-bond acceptors (Lipinski definition) is 4. The molecule has 0 fully saturated rings. The van der Waals surface area contributed by atoms with Crippen molar-refractivity contribution >= 4 is 5.82 Å². The predicted octanol–water partition coefficient (Wildman–Crippen LogP) is 2.69. The lowest BCUT2D eigenvalue weighted by molar-refractivity contribution is 0.110. The third-order valence-electron chi connectivity index (χ3n) is 3.66. The summed E-state index contributed by atoms with van der Waals surface area (Å²) in [4.78, 5) is 4.51. The maximum atomic E-state index is 5.49. The minimum atomic E-state index is 0.636. The number of hydrogen-bond donors (Lipinski definition) is 2. The van der Waals surface area contributed by atoms with E-state index < -0.39 is 0 Å². The van der Waals surface area contributed by atoms with Gasteiger partial charge in [0.2, 0.25) is 0 Å². The second-order valence-corrected chi connectivity index (χ2v) is 5.94. The number of nitrogens with zero attached hydrogens (tertiary/aromatic N) is 2. The highest BCUT2D eigenvalue weighted by Gasteiger charge is 2.16. The number of nitrogens with one attached hydrogen (secondary N) is 2. The largest absolute Gasteiger partial charge is 0.376 e. The van der Waals surface area contributed by atoms with Gasteiger partial charge in [0.25, 0.3) is 0 Å². The highest BCUT2D eigenvalue weighted by atomic mass is 16.5. The highest BCUT2D eigenvalue weighted by molar-refractivity contribution is 5.47. The van der Waals surface area contributed by atoms with E-state index >= 15 is 0 Å². The standard InChI is InChI=1S/C16H22N4O/c1-11(2)7-13-4-3-12(8-17-13)9-18-16-14-10-21-6-5-15(14)19-20-16/h3-4,8,11H,5-7,9-10H2,1-2H3,(H2,18,19,20). The van der Waals surface area contributed by atoms with E-state index in [0.717, 1.165) is 48.6 Å². The topological polar surface area (TPSA) is 62.8 Å². The number of aromatic amines is 1. The second-order valence-electron chi connectivity index (χ2n) is 5.94. The van der Waals surface area contributed by atoms with Crippen molar-refractivity contribution in [2.24, 2.45) is 5.92 Å². The predicted molar refractivity (Wildman–Crippen MR) is 82.1 cm³/mol. The van der Waals surface area contributed by atoms with E-state index in [9.17, 15) is 0 Å². The zero-order valence-corrected chi connectivity index (χ0v) is 12.6. The fraction of sp³-hybridized carbons (Fsp3) is 0.500. The number of aromatic nitrogens is 3. The van der Waals surface area contributed by atoms with Crippen molar-refractivity contribution in [2.75, 3.05) is 11.9 Å². The van der Waals surface area contributed by atoms with Gasteiger partial charge in [-0.3, -0.25) is 10.1 Å². The second kappa shape index (κ2) is 6.26. The van der Waals surface area contributed by atoms with Gasteiger partial charge in [0.15, 0.2) is 5.82 Å². The van der Waals surface area contributed by atoms with Crippen LogP contribution >= 0.6 is 0 Å². The van der Waals surface area contributed by atoms with Crippen LogP contribution in [-0.4, -0.2) is 21.8 Å². The Labute approximate surface area is 125 Å². The van der Waals surface area contributed by atoms with E-state index in [4.69, 9.17) is 4.74 Å². The van der Waals surface area contributed by atoms with Crippen molar-refractivity contribution in [1.82, 2.24) is 15.2 Å². The molecule has 0 saturated heterocycles. The zero-order valence-electron chi connectivity index (χ0n) is 12.6. The smallest absolute Gasteiger partial charge is 0.153 e. The molecular weight excluding hydrogens is 264 g/mol. The van der Waals surface area contributed by atoms with E-state index in [1.165, 1.54) is 5.69 Å². The fourth-order valence-corrected chi connectivity index (χ4v) is 2.54. The molecule has 0 aromatic carbocycles. The third-order valence-corrected chi connectivity index (χ3v) is 3.66. The molecule has 21 heavy (non-hydrogen) atoms. The zero-order chi connectivity index (χ0) is 14.7. The number of ether oxygens (including phenoxy) is 1. The molecule has 0 bridgehead atoms. The van der Waals surface area contributed by atoms with Gasteiger partial charge in [0.05, 0.1) is 13.2 Å². The lowest BCUT2D eigenvalue weighted by Gasteiger charge is -2.13. The maximum Gasteiger partial charge on any atom is 0.153 e. The van der Waals surface area contributed by atoms with Crippen molar-refractivity contribution in [3.8, 4) is 0 Å². The van der Waals surface area contributed by atoms with Crippen LogP contribution in [0.1, 0.15) is 36.4 Å². The Bertz CT molecular complexity index is 589. The monoisotopic (exact) mass is 286 g/mol. The van der Waals surface area contributed by atoms with E-state index in [0.29, 0.717) is 12.5 Å². The average Bonchev–Trinajstić information content (AvgIpc) is 2.89. The number of pyridine rings is 1. The lowest BCUT2D eigenvalue weighted by Crippen LogP contribution is -2.10. The van der Waals surface area contributed by atoms with Gasteiger partial charge in [-0.1, -0.05) is 19.9 Å². The molecule has 0 atom stereocenters. The van der Waals surface area contributed by atoms with Gasteiger partial charge >= 0.3 is 0 Å². The van der Waals surface area contributed by atoms with Gasteiger partial charge in [-0.05, 0) is 24.0 Å². The van der Waals surface area contributed by atoms with Crippen molar-refractivity contribution < 1.29 is 4.74 Å². The van der Waals surface area contributed by atoms with Crippen LogP contribution in [0.2, 0.25) is 0 Å². The summed E-state index contributed by atoms with van der Waals surface area (Å²) in [5.74, 6) is 1.54. The molecule has 0 unspecified atom stereocenters. The summed E-state index contributed by atoms with van der Waals surface area (Å²) in [6, 6.07) is 4.24. The highest BCUT2D eigenvalue weighted by Crippen LogP contribution is 2.22. The molecule has 3 rings (SSSR count). The molecule has 5 nitrogen and oxygen atoms in total. The van der Waals surface area contributed by atoms with E-state index in [1.54, 1.807) is 0 Å². The van der Waals surface area contributed by atoms with Gasteiger partial charge in [-0.2, -0.15) is 5.10 Å². The van der Waals surface area contributed by atoms with Crippen LogP contribution in [0.4, 0.5) is 5.82 Å². The van der Waals surface area contributed by atoms with Gasteiger partial charge in [0.1, 0.15) is 0 Å². The summed E-state index contributed by atoms with van der Waals surface area (Å²) in [6.07, 6.45) is 3.88. The normalized spacial score (nSPS) is 14.2. The number of fused-ring (bicyclic) bond motifs is 1. The summed E-state index contributed by atoms with van der Waals surface area (Å²) >= 11 is 0. The summed E-state index contributed by atoms with van der Waals surface area (Å²) in [5.41, 5.74) is 4.66. The van der Waals surface area contributed by atoms with Gasteiger partial charge in [-0.15, -0.1) is 0 Å². The summed E-state index contributed by atoms with van der Waals surface area (Å²) in [5, 5.41) is 10.8. The number of anilines is 1. The molecule has 5 heteroatoms. The molecule has 0 aliphatic carbocycles. The summed E-state index contributed by atoms with van der Waals surface area (Å²) in [6.45, 7) is 6.56. The fourth-order valence-electron chi connectivity index (χ4n) is 2.54. The SMILES string of the molecule is CC(C)Cc1ccc(CNc2n[nH]c3c2COCC3)cn1. The van der Waals surface area contributed by atoms with Gasteiger partial charge in [-0.25, -0.2) is 0 Å². The third kappa shape index (κ3) is 3.42. The Morgan fingerprint density at radius 3 is 3.05 bits per heavy atom. The molecule has 2 aromatic rings. The Balaban J connectivity index is 1.61. The van der Waals surface area contributed by atoms with Crippen LogP contribution in [0.25, 0.3) is 0 Å². The molecule has 0 radical (unpaired) electrons. The average molecular weight is 286 g/mol. The van der Waals surface area contributed by atoms with Gasteiger partial charge in [0, 0.05) is 36.1 Å². The van der Waals surface area contributed by atoms with Crippen molar-refractivity contribution in [3.63, 3.8) is 0 Å². The molecule has 3 heterocycles. The van der Waals surface area contributed by atoms with Crippen molar-refractivity contribution in [3.05, 3.63) is 40.8 Å². The van der Waals surface area contributed by atoms with Crippen LogP contribution in [0.15, 0.2) is 18.3 Å². The van der Waals surface area contributed by atoms with Gasteiger partial charge < -0.3 is 10.1 Å². The molecule has 0 amide bonds. The van der Waals surface area contributed by atoms with Crippen molar-refractivity contribution in [2.45, 2.75) is 39.8 Å². The first-order valence-electron chi connectivity index (χ1n) is 7.54.